The number of nitrogens with one attached hydrogen (secondary N) is 1. The highest BCUT2D eigenvalue weighted by atomic mass is 32.1. The molecule has 0 unspecified atom stereocenters. The predicted octanol–water partition coefficient (Wildman–Crippen LogP) is 3.19. The summed E-state index contributed by atoms with van der Waals surface area (Å²) >= 11 is 1.38. The summed E-state index contributed by atoms with van der Waals surface area (Å²) in [4.78, 5) is 27.2. The number of likely N-dealkylation sites (tertiary alicyclic amines) is 1. The van der Waals surface area contributed by atoms with E-state index in [-0.39, 0.29) is 11.8 Å². The molecule has 5 heteroatoms. The molecule has 4 nitrogen and oxygen atoms in total. The molecule has 0 aliphatic carbocycles. The summed E-state index contributed by atoms with van der Waals surface area (Å²) in [7, 11) is 0. The van der Waals surface area contributed by atoms with E-state index in [9.17, 15) is 9.59 Å². The van der Waals surface area contributed by atoms with Crippen LogP contribution in [0, 0.1) is 6.92 Å². The molecule has 0 spiro atoms. The highest BCUT2D eigenvalue weighted by Crippen LogP contribution is 2.29. The van der Waals surface area contributed by atoms with E-state index in [1.165, 1.54) is 22.5 Å². The Kier molecular flexibility index (Phi) is 5.00. The first-order chi connectivity index (χ1) is 11.6. The normalized spacial score (nSPS) is 18.4. The number of carbonyl (C=O) groups is 2. The van der Waals surface area contributed by atoms with Gasteiger partial charge in [-0.25, -0.2) is 0 Å². The molecule has 1 saturated heterocycles. The maximum Gasteiger partial charge on any atom is 0.261 e. The van der Waals surface area contributed by atoms with Gasteiger partial charge < -0.3 is 10.2 Å². The number of aryl methyl sites for hydroxylation is 1. The van der Waals surface area contributed by atoms with Crippen molar-refractivity contribution < 1.29 is 9.59 Å². The van der Waals surface area contributed by atoms with Crippen molar-refractivity contribution in [3.05, 3.63) is 57.8 Å². The van der Waals surface area contributed by atoms with Crippen LogP contribution in [0.3, 0.4) is 0 Å². The lowest BCUT2D eigenvalue weighted by Gasteiger charge is -2.22. The number of hydrogen-bond acceptors (Lipinski definition) is 3. The van der Waals surface area contributed by atoms with Crippen molar-refractivity contribution in [1.29, 1.82) is 0 Å². The van der Waals surface area contributed by atoms with Crippen LogP contribution in [-0.2, 0) is 4.79 Å². The number of benzene rings is 1. The van der Waals surface area contributed by atoms with Gasteiger partial charge in [0.15, 0.2) is 0 Å². The molecule has 0 bridgehead atoms. The van der Waals surface area contributed by atoms with Crippen molar-refractivity contribution in [1.82, 2.24) is 10.2 Å². The van der Waals surface area contributed by atoms with Crippen LogP contribution in [0.25, 0.3) is 0 Å². The van der Waals surface area contributed by atoms with Gasteiger partial charge in [0.1, 0.15) is 6.04 Å². The molecule has 0 saturated carbocycles. The van der Waals surface area contributed by atoms with E-state index >= 15 is 0 Å². The van der Waals surface area contributed by atoms with Crippen molar-refractivity contribution in [3.8, 4) is 0 Å². The third-order valence-corrected chi connectivity index (χ3v) is 5.46. The van der Waals surface area contributed by atoms with Crippen molar-refractivity contribution in [2.24, 2.45) is 0 Å². The van der Waals surface area contributed by atoms with Crippen LogP contribution < -0.4 is 5.32 Å². The largest absolute Gasteiger partial charge is 0.340 e. The first kappa shape index (κ1) is 16.7. The second-order valence-electron chi connectivity index (χ2n) is 6.30. The van der Waals surface area contributed by atoms with Gasteiger partial charge in [0.2, 0.25) is 5.91 Å². The molecule has 0 radical (unpaired) electrons. The zero-order valence-corrected chi connectivity index (χ0v) is 14.8. The fourth-order valence-electron chi connectivity index (χ4n) is 3.27. The van der Waals surface area contributed by atoms with Gasteiger partial charge in [-0.1, -0.05) is 30.3 Å². The Morgan fingerprint density at radius 3 is 2.75 bits per heavy atom. The minimum atomic E-state index is -0.504. The smallest absolute Gasteiger partial charge is 0.261 e. The van der Waals surface area contributed by atoms with Crippen LogP contribution >= 0.6 is 11.3 Å². The Morgan fingerprint density at radius 2 is 2.04 bits per heavy atom. The third-order valence-electron chi connectivity index (χ3n) is 4.59. The first-order valence-electron chi connectivity index (χ1n) is 8.25. The van der Waals surface area contributed by atoms with Crippen LogP contribution in [0.4, 0.5) is 0 Å². The van der Waals surface area contributed by atoms with Gasteiger partial charge in [-0.05, 0) is 42.8 Å². The van der Waals surface area contributed by atoms with E-state index in [0.717, 1.165) is 19.5 Å². The Balaban J connectivity index is 1.60. The third kappa shape index (κ3) is 3.51. The maximum absolute atomic E-state index is 12.6. The van der Waals surface area contributed by atoms with Gasteiger partial charge in [0, 0.05) is 19.0 Å². The molecule has 2 aromatic rings. The Morgan fingerprint density at radius 1 is 1.25 bits per heavy atom. The standard InChI is InChI=1S/C19H22N2O2S/c1-13-6-3-4-7-16(13)15-9-10-21(12-15)19(23)14(2)20-18(22)17-8-5-11-24-17/h3-8,11,14-15H,9-10,12H2,1-2H3,(H,20,22)/t14-,15+/m1/s1. The quantitative estimate of drug-likeness (QED) is 0.928. The van der Waals surface area contributed by atoms with Gasteiger partial charge in [-0.15, -0.1) is 11.3 Å². The lowest BCUT2D eigenvalue weighted by atomic mass is 9.94. The average molecular weight is 342 g/mol. The number of thiophene rings is 1. The lowest BCUT2D eigenvalue weighted by molar-refractivity contribution is -0.131. The Bertz CT molecular complexity index is 727. The lowest BCUT2D eigenvalue weighted by Crippen LogP contribution is -2.46. The van der Waals surface area contributed by atoms with Crippen LogP contribution in [-0.4, -0.2) is 35.8 Å². The molecule has 2 amide bonds. The molecule has 1 N–H and O–H groups in total. The fourth-order valence-corrected chi connectivity index (χ4v) is 3.90. The molecule has 1 aliphatic rings. The van der Waals surface area contributed by atoms with E-state index in [1.807, 2.05) is 22.4 Å². The predicted molar refractivity (Wildman–Crippen MR) is 96.4 cm³/mol. The molecule has 2 heterocycles. The van der Waals surface area contributed by atoms with E-state index in [2.05, 4.69) is 30.4 Å². The molecule has 126 valence electrons. The summed E-state index contributed by atoms with van der Waals surface area (Å²) in [5.41, 5.74) is 2.60. The van der Waals surface area contributed by atoms with Gasteiger partial charge >= 0.3 is 0 Å². The van der Waals surface area contributed by atoms with Crippen molar-refractivity contribution in [3.63, 3.8) is 0 Å². The molecule has 1 fully saturated rings. The minimum absolute atomic E-state index is 0.00371. The average Bonchev–Trinajstić information content (AvgIpc) is 3.26. The second kappa shape index (κ2) is 7.18. The Labute approximate surface area is 146 Å². The molecule has 2 atom stereocenters. The topological polar surface area (TPSA) is 49.4 Å². The molecule has 1 aliphatic heterocycles. The zero-order valence-electron chi connectivity index (χ0n) is 14.0. The number of nitrogens with zero attached hydrogens (tertiary/aromatic N) is 1. The van der Waals surface area contributed by atoms with Crippen molar-refractivity contribution >= 4 is 23.2 Å². The fraction of sp³-hybridized carbons (Fsp3) is 0.368. The monoisotopic (exact) mass is 342 g/mol. The molecular formula is C19H22N2O2S. The van der Waals surface area contributed by atoms with Crippen molar-refractivity contribution in [2.45, 2.75) is 32.2 Å². The first-order valence-corrected chi connectivity index (χ1v) is 9.13. The molecule has 24 heavy (non-hydrogen) atoms. The van der Waals surface area contributed by atoms with Crippen molar-refractivity contribution in [2.75, 3.05) is 13.1 Å². The number of carbonyl (C=O) groups excluding carboxylic acids is 2. The van der Waals surface area contributed by atoms with E-state index < -0.39 is 6.04 Å². The molecule has 3 rings (SSSR count). The zero-order chi connectivity index (χ0) is 17.1. The van der Waals surface area contributed by atoms with Gasteiger partial charge in [0.25, 0.3) is 5.91 Å². The summed E-state index contributed by atoms with van der Waals surface area (Å²) in [5.74, 6) is 0.201. The SMILES string of the molecule is Cc1ccccc1[C@H]1CCN(C(=O)[C@@H](C)NC(=O)c2cccs2)C1. The summed E-state index contributed by atoms with van der Waals surface area (Å²) in [6.45, 7) is 5.35. The second-order valence-corrected chi connectivity index (χ2v) is 7.25. The van der Waals surface area contributed by atoms with E-state index in [4.69, 9.17) is 0 Å². The highest BCUT2D eigenvalue weighted by molar-refractivity contribution is 7.12. The minimum Gasteiger partial charge on any atom is -0.340 e. The van der Waals surface area contributed by atoms with E-state index in [0.29, 0.717) is 10.8 Å². The number of hydrogen-bond donors (Lipinski definition) is 1. The van der Waals surface area contributed by atoms with Crippen LogP contribution in [0.5, 0.6) is 0 Å². The summed E-state index contributed by atoms with van der Waals surface area (Å²) < 4.78 is 0. The van der Waals surface area contributed by atoms with E-state index in [1.54, 1.807) is 13.0 Å². The van der Waals surface area contributed by atoms with Crippen LogP contribution in [0.2, 0.25) is 0 Å². The van der Waals surface area contributed by atoms with Crippen LogP contribution in [0.15, 0.2) is 41.8 Å². The summed E-state index contributed by atoms with van der Waals surface area (Å²) in [5, 5.41) is 4.66. The summed E-state index contributed by atoms with van der Waals surface area (Å²) in [6.07, 6.45) is 0.974. The Hall–Kier alpha value is -2.14. The molecular weight excluding hydrogens is 320 g/mol. The molecule has 1 aromatic carbocycles. The number of rotatable bonds is 4. The van der Waals surface area contributed by atoms with Gasteiger partial charge in [-0.2, -0.15) is 0 Å². The maximum atomic E-state index is 12.6. The highest BCUT2D eigenvalue weighted by Gasteiger charge is 2.31. The molecule has 1 aromatic heterocycles. The van der Waals surface area contributed by atoms with Gasteiger partial charge in [-0.3, -0.25) is 9.59 Å². The summed E-state index contributed by atoms with van der Waals surface area (Å²) in [6, 6.07) is 11.4. The van der Waals surface area contributed by atoms with Crippen LogP contribution in [0.1, 0.15) is 40.1 Å². The number of amides is 2. The van der Waals surface area contributed by atoms with Gasteiger partial charge in [0.05, 0.1) is 4.88 Å².